The monoisotopic (exact) mass is 406 g/mol. The van der Waals surface area contributed by atoms with Crippen molar-refractivity contribution in [3.8, 4) is 17.1 Å². The Kier molecular flexibility index (Phi) is 4.73. The molecule has 7 heteroatoms. The van der Waals surface area contributed by atoms with Crippen molar-refractivity contribution in [2.45, 2.75) is 44.9 Å². The number of carbonyl (C=O) groups is 1. The van der Waals surface area contributed by atoms with Gasteiger partial charge in [0.15, 0.2) is 0 Å². The summed E-state index contributed by atoms with van der Waals surface area (Å²) in [6, 6.07) is 8.72. The van der Waals surface area contributed by atoms with E-state index in [1.165, 1.54) is 6.07 Å². The fraction of sp³-hybridized carbons (Fsp3) is 0.348. The SMILES string of the molecule is Cn1ccc(-c2ccc(CN3Cc4ccnc(OC5CCCC5)c4C3=O)c(F)c2)n1. The van der Waals surface area contributed by atoms with Gasteiger partial charge in [-0.3, -0.25) is 9.48 Å². The van der Waals surface area contributed by atoms with E-state index >= 15 is 0 Å². The summed E-state index contributed by atoms with van der Waals surface area (Å²) in [6.07, 6.45) is 7.92. The minimum absolute atomic E-state index is 0.127. The van der Waals surface area contributed by atoms with Crippen LogP contribution in [-0.4, -0.2) is 31.7 Å². The second-order valence-electron chi connectivity index (χ2n) is 8.02. The molecule has 0 radical (unpaired) electrons. The molecule has 0 N–H and O–H groups in total. The van der Waals surface area contributed by atoms with E-state index < -0.39 is 0 Å². The van der Waals surface area contributed by atoms with Crippen molar-refractivity contribution >= 4 is 5.91 Å². The summed E-state index contributed by atoms with van der Waals surface area (Å²) < 4.78 is 22.5. The van der Waals surface area contributed by atoms with E-state index in [2.05, 4.69) is 10.1 Å². The summed E-state index contributed by atoms with van der Waals surface area (Å²) in [5.41, 5.74) is 3.31. The maximum atomic E-state index is 14.8. The third-order valence-corrected chi connectivity index (χ3v) is 5.87. The number of ether oxygens (including phenoxy) is 1. The molecule has 1 aliphatic heterocycles. The van der Waals surface area contributed by atoms with Crippen molar-refractivity contribution in [3.63, 3.8) is 0 Å². The van der Waals surface area contributed by atoms with Gasteiger partial charge in [0.2, 0.25) is 5.88 Å². The van der Waals surface area contributed by atoms with Gasteiger partial charge in [-0.2, -0.15) is 5.10 Å². The second-order valence-corrected chi connectivity index (χ2v) is 8.02. The highest BCUT2D eigenvalue weighted by atomic mass is 19.1. The normalized spacial score (nSPS) is 16.3. The number of pyridine rings is 1. The van der Waals surface area contributed by atoms with E-state index in [4.69, 9.17) is 4.74 Å². The molecular weight excluding hydrogens is 383 g/mol. The van der Waals surface area contributed by atoms with Crippen molar-refractivity contribution < 1.29 is 13.9 Å². The molecule has 3 heterocycles. The summed E-state index contributed by atoms with van der Waals surface area (Å²) in [4.78, 5) is 19.0. The molecule has 0 saturated heterocycles. The molecule has 30 heavy (non-hydrogen) atoms. The number of rotatable bonds is 5. The van der Waals surface area contributed by atoms with Gasteiger partial charge in [-0.15, -0.1) is 0 Å². The number of hydrogen-bond donors (Lipinski definition) is 0. The summed E-state index contributed by atoms with van der Waals surface area (Å²) in [6.45, 7) is 0.629. The van der Waals surface area contributed by atoms with Crippen LogP contribution in [0, 0.1) is 5.82 Å². The first kappa shape index (κ1) is 18.8. The van der Waals surface area contributed by atoms with Gasteiger partial charge in [-0.05, 0) is 49.4 Å². The highest BCUT2D eigenvalue weighted by Crippen LogP contribution is 2.33. The van der Waals surface area contributed by atoms with E-state index in [9.17, 15) is 9.18 Å². The Bertz CT molecular complexity index is 1100. The topological polar surface area (TPSA) is 60.2 Å². The van der Waals surface area contributed by atoms with Crippen molar-refractivity contribution in [1.29, 1.82) is 0 Å². The Morgan fingerprint density at radius 3 is 2.77 bits per heavy atom. The van der Waals surface area contributed by atoms with Crippen LogP contribution in [0.15, 0.2) is 42.7 Å². The van der Waals surface area contributed by atoms with Crippen molar-refractivity contribution in [1.82, 2.24) is 19.7 Å². The number of carbonyl (C=O) groups excluding carboxylic acids is 1. The highest BCUT2D eigenvalue weighted by molar-refractivity contribution is 6.00. The molecule has 3 aromatic rings. The van der Waals surface area contributed by atoms with E-state index in [1.807, 2.05) is 31.4 Å². The molecular formula is C23H23FN4O2. The molecule has 1 amide bonds. The molecule has 6 nitrogen and oxygen atoms in total. The Morgan fingerprint density at radius 1 is 1.20 bits per heavy atom. The zero-order valence-corrected chi connectivity index (χ0v) is 16.8. The van der Waals surface area contributed by atoms with E-state index in [-0.39, 0.29) is 24.4 Å². The van der Waals surface area contributed by atoms with Crippen LogP contribution in [0.2, 0.25) is 0 Å². The molecule has 2 aromatic heterocycles. The number of nitrogens with zero attached hydrogens (tertiary/aromatic N) is 4. The fourth-order valence-corrected chi connectivity index (χ4v) is 4.27. The molecule has 0 spiro atoms. The number of amides is 1. The Hall–Kier alpha value is -3.22. The molecule has 0 unspecified atom stereocenters. The van der Waals surface area contributed by atoms with Crippen LogP contribution in [0.3, 0.4) is 0 Å². The average Bonchev–Trinajstić information content (AvgIpc) is 3.46. The first-order valence-electron chi connectivity index (χ1n) is 10.3. The molecule has 1 aliphatic carbocycles. The second kappa shape index (κ2) is 7.55. The van der Waals surface area contributed by atoms with Crippen LogP contribution in [0.1, 0.15) is 47.2 Å². The Labute approximate surface area is 174 Å². The van der Waals surface area contributed by atoms with Crippen LogP contribution in [0.5, 0.6) is 5.88 Å². The first-order valence-corrected chi connectivity index (χ1v) is 10.3. The van der Waals surface area contributed by atoms with Gasteiger partial charge in [0.1, 0.15) is 17.5 Å². The molecule has 154 valence electrons. The van der Waals surface area contributed by atoms with E-state index in [0.29, 0.717) is 34.8 Å². The minimum Gasteiger partial charge on any atom is -0.474 e. The van der Waals surface area contributed by atoms with Gasteiger partial charge in [0.05, 0.1) is 5.69 Å². The Morgan fingerprint density at radius 2 is 2.03 bits per heavy atom. The lowest BCUT2D eigenvalue weighted by Gasteiger charge is -2.17. The standard InChI is InChI=1S/C23H23FN4O2/c1-27-11-9-20(26-27)15-6-7-16(19(24)12-15)13-28-14-17-8-10-25-22(21(17)23(28)29)30-18-4-2-3-5-18/h6-12,18H,2-5,13-14H2,1H3. The van der Waals surface area contributed by atoms with Crippen LogP contribution in [0.4, 0.5) is 4.39 Å². The smallest absolute Gasteiger partial charge is 0.260 e. The van der Waals surface area contributed by atoms with Crippen molar-refractivity contribution in [2.24, 2.45) is 7.05 Å². The zero-order valence-electron chi connectivity index (χ0n) is 16.8. The predicted octanol–water partition coefficient (Wildman–Crippen LogP) is 4.10. The molecule has 1 saturated carbocycles. The largest absolute Gasteiger partial charge is 0.474 e. The lowest BCUT2D eigenvalue weighted by molar-refractivity contribution is 0.0759. The highest BCUT2D eigenvalue weighted by Gasteiger charge is 2.33. The third-order valence-electron chi connectivity index (χ3n) is 5.87. The van der Waals surface area contributed by atoms with Crippen LogP contribution < -0.4 is 4.74 Å². The summed E-state index contributed by atoms with van der Waals surface area (Å²) in [7, 11) is 1.82. The lowest BCUT2D eigenvalue weighted by Crippen LogP contribution is -2.24. The minimum atomic E-state index is -0.345. The summed E-state index contributed by atoms with van der Waals surface area (Å²) in [5.74, 6) is -0.0837. The number of aromatic nitrogens is 3. The maximum absolute atomic E-state index is 14.8. The summed E-state index contributed by atoms with van der Waals surface area (Å²) in [5, 5.41) is 4.31. The van der Waals surface area contributed by atoms with Crippen molar-refractivity contribution in [2.75, 3.05) is 0 Å². The van der Waals surface area contributed by atoms with Gasteiger partial charge in [-0.25, -0.2) is 9.37 Å². The number of halogens is 1. The fourth-order valence-electron chi connectivity index (χ4n) is 4.27. The number of fused-ring (bicyclic) bond motifs is 1. The van der Waals surface area contributed by atoms with Gasteiger partial charge in [-0.1, -0.05) is 12.1 Å². The summed E-state index contributed by atoms with van der Waals surface area (Å²) >= 11 is 0. The number of hydrogen-bond acceptors (Lipinski definition) is 4. The molecule has 0 bridgehead atoms. The lowest BCUT2D eigenvalue weighted by atomic mass is 10.1. The van der Waals surface area contributed by atoms with Gasteiger partial charge < -0.3 is 9.64 Å². The Balaban J connectivity index is 1.35. The molecule has 0 atom stereocenters. The van der Waals surface area contributed by atoms with Gasteiger partial charge in [0, 0.05) is 43.7 Å². The zero-order chi connectivity index (χ0) is 20.7. The number of benzene rings is 1. The van der Waals surface area contributed by atoms with Gasteiger partial charge in [0.25, 0.3) is 5.91 Å². The molecule has 5 rings (SSSR count). The molecule has 1 fully saturated rings. The van der Waals surface area contributed by atoms with Crippen LogP contribution >= 0.6 is 0 Å². The van der Waals surface area contributed by atoms with Crippen LogP contribution in [0.25, 0.3) is 11.3 Å². The molecule has 1 aromatic carbocycles. The maximum Gasteiger partial charge on any atom is 0.260 e. The average molecular weight is 406 g/mol. The van der Waals surface area contributed by atoms with Crippen LogP contribution in [-0.2, 0) is 20.1 Å². The number of aryl methyl sites for hydroxylation is 1. The van der Waals surface area contributed by atoms with E-state index in [1.54, 1.807) is 21.8 Å². The molecule has 2 aliphatic rings. The first-order chi connectivity index (χ1) is 14.6. The van der Waals surface area contributed by atoms with E-state index in [0.717, 1.165) is 31.2 Å². The van der Waals surface area contributed by atoms with Gasteiger partial charge >= 0.3 is 0 Å². The quantitative estimate of drug-likeness (QED) is 0.640. The third kappa shape index (κ3) is 3.44. The predicted molar refractivity (Wildman–Crippen MR) is 109 cm³/mol. The van der Waals surface area contributed by atoms with Crippen molar-refractivity contribution in [3.05, 3.63) is 65.2 Å².